The molecule has 0 bridgehead atoms. The van der Waals surface area contributed by atoms with E-state index in [0.29, 0.717) is 78.9 Å². The van der Waals surface area contributed by atoms with Crippen LogP contribution in [-0.2, 0) is 72.2 Å². The van der Waals surface area contributed by atoms with Gasteiger partial charge in [-0.3, -0.25) is 24.2 Å². The van der Waals surface area contributed by atoms with E-state index in [1.807, 2.05) is 66.9 Å². The van der Waals surface area contributed by atoms with Crippen molar-refractivity contribution in [2.75, 3.05) is 19.6 Å². The molecular formula is C91H78F21N7O6. The van der Waals surface area contributed by atoms with Gasteiger partial charge >= 0.3 is 37.1 Å². The standard InChI is InChI=1S/C34H28F7N3O2.C30H26F7NO2.C27H24F7N3O2/c1-20(23-11-26(33(36,37)38)15-27(12-23)34(39,40)41)46-30-19-44-29(32(30)22-7-9-28(35)10-8-22)13-24(14-31(44)45)25-16-42-43(18-25)17-21-5-3-2-4-6-21;1-17(20-11-22(29(32,33)34)15-23(12-20)30(35,36)37)40-26-16-38-25(28(26)19-7-9-24(31)10-8-19)13-21(14-27(38)39)18-5-3-2-4-6-18;1-14(16-6-19(26(29,30)31)10-20(7-16)27(32,33)34)39-23-13-37-22(25(23)15-2-4-21(28)5-3-15)8-17(9-24(37)38)18-11-35-36-12-18/h2-12,14-16,18,20,29-30,32H,13,17,19H2,1H3;2-12,15,17,21,25-26,28H,13-14,16H2,1H3;2-7,10-12,14,17,22-23,25H,8-9,13H2,1H3,(H,35,36)/t20-,29?,30?,32+;17-,21?,25?,26?,28+;14-,17?,22?,23?,25+/m111/s1. The molecule has 6 aliphatic rings. The van der Waals surface area contributed by atoms with Crippen LogP contribution in [0.5, 0.6) is 0 Å². The minimum Gasteiger partial charge on any atom is -0.368 e. The molecule has 8 unspecified atom stereocenters. The molecule has 14 atom stereocenters. The molecule has 8 heterocycles. The SMILES string of the molecule is C[C@@H](OC1CN2C(=O)C=C(c3cnn(Cc4ccccc4)c3)CC2[C@@H]1c1ccc(F)cc1)c1cc(C(F)(F)F)cc(C(F)(F)F)c1.C[C@@H](OC1CN2C(=O)CC(c3ccccc3)CC2[C@@H]1c1ccc(F)cc1)c1cc(C(F)(F)F)cc(C(F)(F)F)c1.C[C@@H](OC1CN2C(=O)CC(c3cn[nH]c3)CC2[C@@H]1c1ccc(F)cc1)c1cc(C(F)(F)F)cc(C(F)(F)F)c1. The van der Waals surface area contributed by atoms with E-state index in [1.54, 1.807) is 74.4 Å². The highest BCUT2D eigenvalue weighted by atomic mass is 19.4. The molecule has 16 rings (SSSR count). The number of fused-ring (bicyclic) bond motifs is 3. The fourth-order valence-electron chi connectivity index (χ4n) is 17.9. The molecule has 0 aliphatic carbocycles. The molecule has 660 valence electrons. The number of aromatic amines is 1. The number of carbonyl (C=O) groups excluding carboxylic acids is 3. The van der Waals surface area contributed by atoms with E-state index in [4.69, 9.17) is 14.2 Å². The van der Waals surface area contributed by atoms with E-state index >= 15 is 0 Å². The van der Waals surface area contributed by atoms with Crippen LogP contribution in [0.2, 0.25) is 0 Å². The number of hydrogen-bond acceptors (Lipinski definition) is 8. The van der Waals surface area contributed by atoms with Crippen LogP contribution in [0.15, 0.2) is 219 Å². The highest BCUT2D eigenvalue weighted by molar-refractivity contribution is 5.98. The third kappa shape index (κ3) is 20.7. The minimum atomic E-state index is -5.01. The average Bonchev–Trinajstić information content (AvgIpc) is 1.66. The summed E-state index contributed by atoms with van der Waals surface area (Å²) >= 11 is 0. The molecule has 5 saturated heterocycles. The Kier molecular flexibility index (Phi) is 25.7. The third-order valence-corrected chi connectivity index (χ3v) is 23.9. The van der Waals surface area contributed by atoms with E-state index in [2.05, 4.69) is 15.3 Å². The van der Waals surface area contributed by atoms with Gasteiger partial charge in [-0.15, -0.1) is 0 Å². The largest absolute Gasteiger partial charge is 0.416 e. The lowest BCUT2D eigenvalue weighted by molar-refractivity contribution is -0.145. The molecule has 2 aromatic heterocycles. The molecule has 6 aliphatic heterocycles. The summed E-state index contributed by atoms with van der Waals surface area (Å²) in [6.07, 6.45) is -25.5. The zero-order valence-corrected chi connectivity index (χ0v) is 66.3. The molecule has 3 amide bonds. The van der Waals surface area contributed by atoms with E-state index in [9.17, 15) is 107 Å². The number of nitrogens with zero attached hydrogens (tertiary/aromatic N) is 6. The first-order valence-electron chi connectivity index (χ1n) is 39.7. The summed E-state index contributed by atoms with van der Waals surface area (Å²) < 4.78 is 304. The Morgan fingerprint density at radius 3 is 1.10 bits per heavy atom. The third-order valence-electron chi connectivity index (χ3n) is 23.9. The summed E-state index contributed by atoms with van der Waals surface area (Å²) in [5, 5.41) is 11.1. The lowest BCUT2D eigenvalue weighted by atomic mass is 9.79. The maximum atomic E-state index is 13.9. The molecule has 0 saturated carbocycles. The smallest absolute Gasteiger partial charge is 0.368 e. The summed E-state index contributed by atoms with van der Waals surface area (Å²) in [5.74, 6) is -3.73. The number of carbonyl (C=O) groups is 3. The Morgan fingerprint density at radius 1 is 0.400 bits per heavy atom. The van der Waals surface area contributed by atoms with Gasteiger partial charge in [0.05, 0.1) is 88.9 Å². The van der Waals surface area contributed by atoms with Gasteiger partial charge in [0, 0.05) is 92.4 Å². The van der Waals surface area contributed by atoms with Gasteiger partial charge in [-0.1, -0.05) is 97.1 Å². The molecule has 1 N–H and O–H groups in total. The minimum absolute atomic E-state index is 0.0397. The number of hydrogen-bond donors (Lipinski definition) is 1. The van der Waals surface area contributed by atoms with Gasteiger partial charge in [0.2, 0.25) is 17.7 Å². The number of nitrogens with one attached hydrogen (secondary N) is 1. The van der Waals surface area contributed by atoms with Gasteiger partial charge in [-0.25, -0.2) is 13.2 Å². The maximum Gasteiger partial charge on any atom is 0.416 e. The van der Waals surface area contributed by atoms with Crippen molar-refractivity contribution < 1.29 is 121 Å². The summed E-state index contributed by atoms with van der Waals surface area (Å²) in [4.78, 5) is 44.8. The average molecular weight is 1760 g/mol. The van der Waals surface area contributed by atoms with Gasteiger partial charge in [-0.05, 0) is 199 Å². The Labute approximate surface area is 701 Å². The second-order valence-corrected chi connectivity index (χ2v) is 32.0. The molecular weight excluding hydrogens is 1690 g/mol. The van der Waals surface area contributed by atoms with Gasteiger partial charge < -0.3 is 28.9 Å². The van der Waals surface area contributed by atoms with Crippen LogP contribution in [0, 0.1) is 17.5 Å². The van der Waals surface area contributed by atoms with Crippen LogP contribution < -0.4 is 0 Å². The first-order valence-corrected chi connectivity index (χ1v) is 39.7. The lowest BCUT2D eigenvalue weighted by Crippen LogP contribution is -2.43. The van der Waals surface area contributed by atoms with Crippen LogP contribution >= 0.6 is 0 Å². The molecule has 0 spiro atoms. The zero-order chi connectivity index (χ0) is 89.7. The summed E-state index contributed by atoms with van der Waals surface area (Å²) in [6, 6.07) is 39.1. The molecule has 125 heavy (non-hydrogen) atoms. The van der Waals surface area contributed by atoms with Crippen molar-refractivity contribution in [3.8, 4) is 0 Å². The Bertz CT molecular complexity index is 5390. The second-order valence-electron chi connectivity index (χ2n) is 32.0. The number of H-pyrrole nitrogens is 1. The van der Waals surface area contributed by atoms with Gasteiger partial charge in [-0.2, -0.15) is 89.2 Å². The zero-order valence-electron chi connectivity index (χ0n) is 66.3. The van der Waals surface area contributed by atoms with Crippen LogP contribution in [0.25, 0.3) is 5.57 Å². The maximum absolute atomic E-state index is 13.9. The van der Waals surface area contributed by atoms with E-state index in [1.165, 1.54) is 63.2 Å². The van der Waals surface area contributed by atoms with Crippen molar-refractivity contribution in [2.24, 2.45) is 0 Å². The van der Waals surface area contributed by atoms with Crippen molar-refractivity contribution in [3.05, 3.63) is 325 Å². The first kappa shape index (κ1) is 90.0. The number of rotatable bonds is 17. The summed E-state index contributed by atoms with van der Waals surface area (Å²) in [6.45, 7) is 4.92. The van der Waals surface area contributed by atoms with Crippen molar-refractivity contribution in [1.29, 1.82) is 0 Å². The van der Waals surface area contributed by atoms with E-state index in [-0.39, 0.29) is 109 Å². The van der Waals surface area contributed by atoms with Crippen molar-refractivity contribution in [2.45, 2.75) is 181 Å². The molecule has 5 fully saturated rings. The normalized spacial score (nSPS) is 23.1. The Hall–Kier alpha value is -11.3. The Balaban J connectivity index is 0.000000153. The number of alkyl halides is 18. The molecule has 0 radical (unpaired) electrons. The van der Waals surface area contributed by atoms with Crippen LogP contribution in [0.4, 0.5) is 92.2 Å². The first-order chi connectivity index (χ1) is 58.9. The fourth-order valence-corrected chi connectivity index (χ4v) is 17.9. The molecule has 34 heteroatoms. The summed E-state index contributed by atoms with van der Waals surface area (Å²) in [5.41, 5.74) is -3.16. The number of halogens is 21. The predicted molar refractivity (Wildman–Crippen MR) is 412 cm³/mol. The fraction of sp³-hybridized carbons (Fsp3) is 0.352. The quantitative estimate of drug-likeness (QED) is 0.0891. The number of piperidine rings is 2. The van der Waals surface area contributed by atoms with Crippen LogP contribution in [-0.4, -0.2) is 108 Å². The monoisotopic (exact) mass is 1760 g/mol. The van der Waals surface area contributed by atoms with Gasteiger partial charge in [0.25, 0.3) is 0 Å². The highest BCUT2D eigenvalue weighted by Gasteiger charge is 2.54. The van der Waals surface area contributed by atoms with E-state index < -0.39 is 148 Å². The Morgan fingerprint density at radius 2 is 0.744 bits per heavy atom. The molecule has 8 aromatic carbocycles. The number of aromatic nitrogens is 4. The number of ether oxygens (including phenoxy) is 3. The molecule has 13 nitrogen and oxygen atoms in total. The van der Waals surface area contributed by atoms with E-state index in [0.717, 1.165) is 27.8 Å². The van der Waals surface area contributed by atoms with Gasteiger partial charge in [0.1, 0.15) is 17.5 Å². The topological polar surface area (TPSA) is 135 Å². The summed E-state index contributed by atoms with van der Waals surface area (Å²) in [7, 11) is 0. The second kappa shape index (κ2) is 35.6. The van der Waals surface area contributed by atoms with Gasteiger partial charge in [0.15, 0.2) is 0 Å². The lowest BCUT2D eigenvalue weighted by Gasteiger charge is -2.37. The van der Waals surface area contributed by atoms with Crippen molar-refractivity contribution in [1.82, 2.24) is 34.7 Å². The number of amides is 3. The van der Waals surface area contributed by atoms with Crippen molar-refractivity contribution in [3.63, 3.8) is 0 Å². The van der Waals surface area contributed by atoms with Crippen LogP contribution in [0.3, 0.4) is 0 Å². The predicted octanol–water partition coefficient (Wildman–Crippen LogP) is 22.5. The van der Waals surface area contributed by atoms with Crippen LogP contribution in [0.1, 0.15) is 190 Å². The highest BCUT2D eigenvalue weighted by Crippen LogP contribution is 2.52. The molecule has 10 aromatic rings. The number of benzene rings is 8. The van der Waals surface area contributed by atoms with Crippen molar-refractivity contribution >= 4 is 23.3 Å².